The number of alkyl halides is 3. The Morgan fingerprint density at radius 3 is 2.68 bits per heavy atom. The van der Waals surface area contributed by atoms with Crippen molar-refractivity contribution in [2.24, 2.45) is 0 Å². The highest BCUT2D eigenvalue weighted by Crippen LogP contribution is 2.40. The van der Waals surface area contributed by atoms with Gasteiger partial charge in [0.1, 0.15) is 6.29 Å². The lowest BCUT2D eigenvalue weighted by Crippen LogP contribution is -2.52. The third-order valence-corrected chi connectivity index (χ3v) is 8.06. The van der Waals surface area contributed by atoms with Gasteiger partial charge < -0.3 is 14.7 Å². The largest absolute Gasteiger partial charge is 0.417 e. The summed E-state index contributed by atoms with van der Waals surface area (Å²) in [6.45, 7) is 4.34. The molecule has 2 unspecified atom stereocenters. The van der Waals surface area contributed by atoms with Crippen molar-refractivity contribution in [3.63, 3.8) is 0 Å². The molecular formula is C27H27Cl2F3N4O. The van der Waals surface area contributed by atoms with Gasteiger partial charge in [-0.2, -0.15) is 13.2 Å². The summed E-state index contributed by atoms with van der Waals surface area (Å²) in [5.41, 5.74) is 1.22. The first kappa shape index (κ1) is 26.2. The fraction of sp³-hybridized carbons (Fsp3) is 0.407. The number of aromatic nitrogens is 2. The maximum atomic E-state index is 14.1. The third-order valence-electron chi connectivity index (χ3n) is 7.50. The Bertz CT molecular complexity index is 1360. The summed E-state index contributed by atoms with van der Waals surface area (Å²) in [4.78, 5) is 18.1. The van der Waals surface area contributed by atoms with Crippen LogP contribution in [0.15, 0.2) is 42.7 Å². The molecule has 1 fully saturated rings. The zero-order valence-electron chi connectivity index (χ0n) is 20.3. The lowest BCUT2D eigenvalue weighted by molar-refractivity contribution is -0.137. The molecule has 37 heavy (non-hydrogen) atoms. The number of aldehydes is 1. The molecule has 3 aromatic rings. The van der Waals surface area contributed by atoms with Gasteiger partial charge in [0.05, 0.1) is 34.5 Å². The first-order valence-corrected chi connectivity index (χ1v) is 13.0. The van der Waals surface area contributed by atoms with Crippen LogP contribution in [0.1, 0.15) is 48.9 Å². The Morgan fingerprint density at radius 2 is 2.05 bits per heavy atom. The molecule has 0 spiro atoms. The molecule has 1 saturated heterocycles. The van der Waals surface area contributed by atoms with Crippen molar-refractivity contribution in [1.29, 1.82) is 0 Å². The predicted molar refractivity (Wildman–Crippen MR) is 140 cm³/mol. The summed E-state index contributed by atoms with van der Waals surface area (Å²) in [6.07, 6.45) is 2.03. The number of nitrogens with zero attached hydrogens (tertiary/aromatic N) is 3. The van der Waals surface area contributed by atoms with Crippen molar-refractivity contribution >= 4 is 46.1 Å². The minimum absolute atomic E-state index is 0.167. The highest BCUT2D eigenvalue weighted by atomic mass is 35.5. The van der Waals surface area contributed by atoms with E-state index in [0.717, 1.165) is 37.3 Å². The molecular weight excluding hydrogens is 524 g/mol. The Labute approximate surface area is 223 Å². The normalized spacial score (nSPS) is 21.8. The molecule has 2 aliphatic heterocycles. The van der Waals surface area contributed by atoms with Crippen LogP contribution in [0.2, 0.25) is 10.0 Å². The molecule has 5 nitrogen and oxygen atoms in total. The van der Waals surface area contributed by atoms with Gasteiger partial charge in [-0.1, -0.05) is 35.3 Å². The summed E-state index contributed by atoms with van der Waals surface area (Å²) in [5.74, 6) is 0. The first-order valence-electron chi connectivity index (χ1n) is 12.3. The zero-order valence-corrected chi connectivity index (χ0v) is 21.8. The molecule has 0 bridgehead atoms. The van der Waals surface area contributed by atoms with Crippen molar-refractivity contribution < 1.29 is 18.0 Å². The highest BCUT2D eigenvalue weighted by molar-refractivity contribution is 6.35. The first-order chi connectivity index (χ1) is 17.6. The van der Waals surface area contributed by atoms with Crippen molar-refractivity contribution in [3.05, 3.63) is 69.5 Å². The summed E-state index contributed by atoms with van der Waals surface area (Å²) >= 11 is 12.5. The van der Waals surface area contributed by atoms with E-state index >= 15 is 0 Å². The van der Waals surface area contributed by atoms with Gasteiger partial charge in [0, 0.05) is 29.7 Å². The maximum Gasteiger partial charge on any atom is 0.417 e. The summed E-state index contributed by atoms with van der Waals surface area (Å²) in [5, 5.41) is 4.28. The van der Waals surface area contributed by atoms with Crippen LogP contribution in [0.5, 0.6) is 0 Å². The van der Waals surface area contributed by atoms with E-state index in [1.54, 1.807) is 24.5 Å². The molecule has 2 aromatic carbocycles. The van der Waals surface area contributed by atoms with E-state index in [2.05, 4.69) is 15.2 Å². The van der Waals surface area contributed by atoms with Gasteiger partial charge in [0.25, 0.3) is 0 Å². The Balaban J connectivity index is 1.50. The second-order valence-corrected chi connectivity index (χ2v) is 10.7. The van der Waals surface area contributed by atoms with Gasteiger partial charge in [0.2, 0.25) is 0 Å². The number of hydrogen-bond acceptors (Lipinski definition) is 4. The van der Waals surface area contributed by atoms with E-state index in [1.807, 2.05) is 23.6 Å². The van der Waals surface area contributed by atoms with E-state index in [4.69, 9.17) is 23.2 Å². The van der Waals surface area contributed by atoms with Crippen LogP contribution in [0.3, 0.4) is 0 Å². The number of carbonyl (C=O) groups is 1. The number of fused-ring (bicyclic) bond motifs is 1. The Hall–Kier alpha value is -2.39. The lowest BCUT2D eigenvalue weighted by atomic mass is 9.92. The SMILES string of the molecule is CC(c1ccc(Cl)cc1Cl)n1cnc2cc(C(F)(F)F)c(C3=CCN(CC4(C=O)CCCN4)CC3)cc21. The van der Waals surface area contributed by atoms with Gasteiger partial charge in [0.15, 0.2) is 0 Å². The lowest BCUT2D eigenvalue weighted by Gasteiger charge is -2.33. The minimum Gasteiger partial charge on any atom is -0.323 e. The zero-order chi connectivity index (χ0) is 26.4. The van der Waals surface area contributed by atoms with Crippen LogP contribution in [-0.4, -0.2) is 52.5 Å². The molecule has 2 atom stereocenters. The fourth-order valence-corrected chi connectivity index (χ4v) is 6.04. The molecule has 10 heteroatoms. The maximum absolute atomic E-state index is 14.1. The summed E-state index contributed by atoms with van der Waals surface area (Å²) in [7, 11) is 0. The Kier molecular flexibility index (Phi) is 7.13. The molecule has 3 heterocycles. The van der Waals surface area contributed by atoms with Crippen LogP contribution in [-0.2, 0) is 11.0 Å². The molecule has 2 aliphatic rings. The van der Waals surface area contributed by atoms with E-state index < -0.39 is 17.3 Å². The molecule has 0 amide bonds. The minimum atomic E-state index is -4.52. The van der Waals surface area contributed by atoms with Gasteiger partial charge in [-0.15, -0.1) is 0 Å². The van der Waals surface area contributed by atoms with Gasteiger partial charge in [-0.05, 0) is 73.7 Å². The van der Waals surface area contributed by atoms with Crippen molar-refractivity contribution in [1.82, 2.24) is 19.8 Å². The number of benzene rings is 2. The second-order valence-electron chi connectivity index (χ2n) is 9.90. The van der Waals surface area contributed by atoms with Gasteiger partial charge in [-0.25, -0.2) is 4.98 Å². The highest BCUT2D eigenvalue weighted by Gasteiger charge is 2.37. The van der Waals surface area contributed by atoms with Crippen molar-refractivity contribution in [3.8, 4) is 0 Å². The van der Waals surface area contributed by atoms with E-state index in [9.17, 15) is 18.0 Å². The van der Waals surface area contributed by atoms with Crippen LogP contribution >= 0.6 is 23.2 Å². The number of carbonyl (C=O) groups excluding carboxylic acids is 1. The van der Waals surface area contributed by atoms with Gasteiger partial charge >= 0.3 is 6.18 Å². The van der Waals surface area contributed by atoms with Crippen LogP contribution in [0.25, 0.3) is 16.6 Å². The Morgan fingerprint density at radius 1 is 1.24 bits per heavy atom. The monoisotopic (exact) mass is 550 g/mol. The molecule has 1 aromatic heterocycles. The number of halogens is 5. The number of nitrogens with one attached hydrogen (secondary N) is 1. The summed E-state index contributed by atoms with van der Waals surface area (Å²) < 4.78 is 44.3. The molecule has 1 N–H and O–H groups in total. The number of rotatable bonds is 6. The van der Waals surface area contributed by atoms with Crippen LogP contribution < -0.4 is 5.32 Å². The molecule has 0 saturated carbocycles. The van der Waals surface area contributed by atoms with E-state index in [0.29, 0.717) is 47.2 Å². The average Bonchev–Trinajstić information content (AvgIpc) is 3.50. The second kappa shape index (κ2) is 10.1. The van der Waals surface area contributed by atoms with E-state index in [-0.39, 0.29) is 17.1 Å². The summed E-state index contributed by atoms with van der Waals surface area (Å²) in [6, 6.07) is 7.66. The van der Waals surface area contributed by atoms with E-state index in [1.165, 1.54) is 0 Å². The molecule has 0 aliphatic carbocycles. The van der Waals surface area contributed by atoms with Crippen LogP contribution in [0, 0.1) is 0 Å². The average molecular weight is 551 g/mol. The number of hydrogen-bond donors (Lipinski definition) is 1. The van der Waals surface area contributed by atoms with Crippen LogP contribution in [0.4, 0.5) is 13.2 Å². The molecule has 0 radical (unpaired) electrons. The number of imidazole rings is 1. The quantitative estimate of drug-likeness (QED) is 0.362. The standard InChI is InChI=1S/C27H27Cl2F3N4O/c1-17(20-4-3-19(28)11-23(20)29)36-16-33-24-13-22(27(30,31)32)21(12-25(24)36)18-5-9-35(10-6-18)14-26(15-37)7-2-8-34-26/h3-5,11-13,15-17,34H,2,6-10,14H2,1H3. The van der Waals surface area contributed by atoms with Gasteiger partial charge in [-0.3, -0.25) is 4.90 Å². The molecule has 5 rings (SSSR count). The molecule has 196 valence electrons. The van der Waals surface area contributed by atoms with Crippen molar-refractivity contribution in [2.45, 2.75) is 43.9 Å². The predicted octanol–water partition coefficient (Wildman–Crippen LogP) is 6.38. The van der Waals surface area contributed by atoms with Crippen molar-refractivity contribution in [2.75, 3.05) is 26.2 Å². The fourth-order valence-electron chi connectivity index (χ4n) is 5.47. The smallest absolute Gasteiger partial charge is 0.323 e. The third kappa shape index (κ3) is 5.17. The topological polar surface area (TPSA) is 50.2 Å².